The van der Waals surface area contributed by atoms with Gasteiger partial charge in [-0.1, -0.05) is 31.2 Å². The van der Waals surface area contributed by atoms with Crippen LogP contribution in [-0.4, -0.2) is 18.4 Å². The Bertz CT molecular complexity index is 1330. The van der Waals surface area contributed by atoms with Gasteiger partial charge in [-0.2, -0.15) is 5.26 Å². The minimum Gasteiger partial charge on any atom is -0.494 e. The van der Waals surface area contributed by atoms with Crippen LogP contribution >= 0.6 is 0 Å². The molecule has 0 unspecified atom stereocenters. The van der Waals surface area contributed by atoms with Gasteiger partial charge < -0.3 is 10.1 Å². The number of nitriles is 1. The van der Waals surface area contributed by atoms with Gasteiger partial charge in [0.25, 0.3) is 11.8 Å². The Labute approximate surface area is 199 Å². The summed E-state index contributed by atoms with van der Waals surface area (Å²) in [4.78, 5) is 28.3. The molecule has 0 atom stereocenters. The Morgan fingerprint density at radius 3 is 2.38 bits per heavy atom. The normalized spacial score (nSPS) is 13.3. The van der Waals surface area contributed by atoms with Crippen molar-refractivity contribution < 1.29 is 14.3 Å². The second kappa shape index (κ2) is 9.63. The molecule has 6 nitrogen and oxygen atoms in total. The van der Waals surface area contributed by atoms with Crippen LogP contribution in [0.2, 0.25) is 0 Å². The number of ether oxygens (including phenoxy) is 1. The van der Waals surface area contributed by atoms with E-state index in [0.29, 0.717) is 40.4 Å². The van der Waals surface area contributed by atoms with Crippen molar-refractivity contribution in [2.75, 3.05) is 16.8 Å². The van der Waals surface area contributed by atoms with Crippen LogP contribution in [0.1, 0.15) is 35.6 Å². The highest BCUT2D eigenvalue weighted by atomic mass is 16.5. The number of carbonyl (C=O) groups excluding carboxylic acids is 2. The van der Waals surface area contributed by atoms with Crippen LogP contribution in [-0.2, 0) is 9.59 Å². The maximum atomic E-state index is 13.6. The molecule has 1 heterocycles. The van der Waals surface area contributed by atoms with Crippen LogP contribution in [0.15, 0.2) is 72.4 Å². The average molecular weight is 452 g/mol. The second-order valence-corrected chi connectivity index (χ2v) is 8.15. The minimum atomic E-state index is -0.456. The van der Waals surface area contributed by atoms with Crippen LogP contribution in [0, 0.1) is 25.2 Å². The molecule has 0 radical (unpaired) electrons. The van der Waals surface area contributed by atoms with Crippen molar-refractivity contribution in [2.45, 2.75) is 27.2 Å². The smallest absolute Gasteiger partial charge is 0.282 e. The van der Waals surface area contributed by atoms with E-state index in [4.69, 9.17) is 10.00 Å². The number of benzene rings is 3. The van der Waals surface area contributed by atoms with E-state index in [1.54, 1.807) is 24.3 Å². The Morgan fingerprint density at radius 1 is 0.941 bits per heavy atom. The number of aryl methyl sites for hydroxylation is 2. The van der Waals surface area contributed by atoms with E-state index in [1.807, 2.05) is 63.2 Å². The third-order valence-electron chi connectivity index (χ3n) is 5.71. The van der Waals surface area contributed by atoms with Crippen molar-refractivity contribution in [2.24, 2.45) is 0 Å². The fourth-order valence-corrected chi connectivity index (χ4v) is 3.76. The zero-order chi connectivity index (χ0) is 24.2. The van der Waals surface area contributed by atoms with Crippen molar-refractivity contribution in [1.82, 2.24) is 0 Å². The van der Waals surface area contributed by atoms with E-state index in [9.17, 15) is 9.59 Å². The first kappa shape index (κ1) is 22.8. The van der Waals surface area contributed by atoms with Crippen LogP contribution in [0.5, 0.6) is 5.75 Å². The molecule has 1 aliphatic heterocycles. The predicted molar refractivity (Wildman–Crippen MR) is 132 cm³/mol. The SMILES string of the molecule is CCCOc1cccc(NC2=C(c3ccc(C)c(C)c3)C(=O)N(c3ccc(C#N)cc3)C2=O)c1. The van der Waals surface area contributed by atoms with Gasteiger partial charge >= 0.3 is 0 Å². The van der Waals surface area contributed by atoms with E-state index in [0.717, 1.165) is 22.4 Å². The molecular weight excluding hydrogens is 426 g/mol. The third-order valence-corrected chi connectivity index (χ3v) is 5.71. The van der Waals surface area contributed by atoms with Crippen molar-refractivity contribution in [3.8, 4) is 11.8 Å². The molecular formula is C28H25N3O3. The first-order chi connectivity index (χ1) is 16.4. The van der Waals surface area contributed by atoms with Crippen molar-refractivity contribution in [3.05, 3.63) is 94.7 Å². The molecule has 3 aromatic rings. The highest BCUT2D eigenvalue weighted by Gasteiger charge is 2.40. The molecule has 0 aromatic heterocycles. The van der Waals surface area contributed by atoms with Gasteiger partial charge in [0, 0.05) is 11.8 Å². The zero-order valence-corrected chi connectivity index (χ0v) is 19.4. The van der Waals surface area contributed by atoms with E-state index in [-0.39, 0.29) is 5.70 Å². The average Bonchev–Trinajstić information content (AvgIpc) is 3.09. The van der Waals surface area contributed by atoms with E-state index >= 15 is 0 Å². The summed E-state index contributed by atoms with van der Waals surface area (Å²) in [6, 6.07) is 21.5. The Morgan fingerprint density at radius 2 is 1.71 bits per heavy atom. The maximum Gasteiger partial charge on any atom is 0.282 e. The highest BCUT2D eigenvalue weighted by Crippen LogP contribution is 2.35. The third kappa shape index (κ3) is 4.41. The molecule has 170 valence electrons. The van der Waals surface area contributed by atoms with E-state index in [2.05, 4.69) is 11.4 Å². The summed E-state index contributed by atoms with van der Waals surface area (Å²) in [5.41, 5.74) is 4.80. The topological polar surface area (TPSA) is 82.4 Å². The number of imide groups is 1. The van der Waals surface area contributed by atoms with Crippen LogP contribution in [0.4, 0.5) is 11.4 Å². The monoisotopic (exact) mass is 451 g/mol. The standard InChI is InChI=1S/C28H25N3O3/c1-4-14-34-24-7-5-6-22(16-24)30-26-25(21-11-8-18(2)19(3)15-21)27(32)31(28(26)33)23-12-9-20(17-29)10-13-23/h5-13,15-16,30H,4,14H2,1-3H3. The van der Waals surface area contributed by atoms with E-state index in [1.165, 1.54) is 0 Å². The number of hydrogen-bond donors (Lipinski definition) is 1. The highest BCUT2D eigenvalue weighted by molar-refractivity contribution is 6.46. The van der Waals surface area contributed by atoms with E-state index < -0.39 is 11.8 Å². The predicted octanol–water partition coefficient (Wildman–Crippen LogP) is 5.36. The number of amides is 2. The lowest BCUT2D eigenvalue weighted by atomic mass is 9.99. The fourth-order valence-electron chi connectivity index (χ4n) is 3.76. The lowest BCUT2D eigenvalue weighted by molar-refractivity contribution is -0.120. The summed E-state index contributed by atoms with van der Waals surface area (Å²) < 4.78 is 5.72. The molecule has 0 aliphatic carbocycles. The summed E-state index contributed by atoms with van der Waals surface area (Å²) in [5, 5.41) is 12.3. The number of carbonyl (C=O) groups is 2. The number of nitrogens with zero attached hydrogens (tertiary/aromatic N) is 2. The summed E-state index contributed by atoms with van der Waals surface area (Å²) >= 11 is 0. The van der Waals surface area contributed by atoms with Gasteiger partial charge in [-0.25, -0.2) is 4.90 Å². The van der Waals surface area contributed by atoms with Crippen molar-refractivity contribution >= 4 is 28.8 Å². The number of hydrogen-bond acceptors (Lipinski definition) is 5. The molecule has 0 fully saturated rings. The van der Waals surface area contributed by atoms with Gasteiger partial charge in [-0.3, -0.25) is 9.59 Å². The Hall–Kier alpha value is -4.37. The number of nitrogens with one attached hydrogen (secondary N) is 1. The summed E-state index contributed by atoms with van der Waals surface area (Å²) in [7, 11) is 0. The van der Waals surface area contributed by atoms with Gasteiger partial charge in [0.05, 0.1) is 29.5 Å². The quantitative estimate of drug-likeness (QED) is 0.489. The van der Waals surface area contributed by atoms with Gasteiger partial charge in [-0.05, 0) is 73.4 Å². The molecule has 34 heavy (non-hydrogen) atoms. The number of rotatable bonds is 7. The molecule has 2 amide bonds. The summed E-state index contributed by atoms with van der Waals surface area (Å²) in [6.45, 7) is 6.59. The largest absolute Gasteiger partial charge is 0.494 e. The first-order valence-corrected chi connectivity index (χ1v) is 11.1. The molecule has 3 aromatic carbocycles. The van der Waals surface area contributed by atoms with Crippen LogP contribution < -0.4 is 15.0 Å². The van der Waals surface area contributed by atoms with Gasteiger partial charge in [0.2, 0.25) is 0 Å². The van der Waals surface area contributed by atoms with Crippen LogP contribution in [0.3, 0.4) is 0 Å². The maximum absolute atomic E-state index is 13.6. The van der Waals surface area contributed by atoms with Gasteiger partial charge in [-0.15, -0.1) is 0 Å². The zero-order valence-electron chi connectivity index (χ0n) is 19.4. The number of anilines is 2. The lowest BCUT2D eigenvalue weighted by Gasteiger charge is -2.15. The molecule has 1 aliphatic rings. The first-order valence-electron chi connectivity index (χ1n) is 11.1. The Balaban J connectivity index is 1.78. The van der Waals surface area contributed by atoms with Gasteiger partial charge in [0.1, 0.15) is 11.4 Å². The second-order valence-electron chi connectivity index (χ2n) is 8.15. The summed E-state index contributed by atoms with van der Waals surface area (Å²) in [6.07, 6.45) is 0.881. The minimum absolute atomic E-state index is 0.199. The fraction of sp³-hybridized carbons (Fsp3) is 0.179. The molecule has 1 N–H and O–H groups in total. The van der Waals surface area contributed by atoms with Gasteiger partial charge in [0.15, 0.2) is 0 Å². The molecule has 0 spiro atoms. The van der Waals surface area contributed by atoms with Crippen LogP contribution in [0.25, 0.3) is 5.57 Å². The molecule has 4 rings (SSSR count). The molecule has 0 saturated carbocycles. The van der Waals surface area contributed by atoms with Crippen molar-refractivity contribution in [1.29, 1.82) is 5.26 Å². The molecule has 0 bridgehead atoms. The lowest BCUT2D eigenvalue weighted by Crippen LogP contribution is -2.32. The Kier molecular flexibility index (Phi) is 6.46. The van der Waals surface area contributed by atoms with Crippen molar-refractivity contribution in [3.63, 3.8) is 0 Å². The molecule has 6 heteroatoms. The summed E-state index contributed by atoms with van der Waals surface area (Å²) in [5.74, 6) is -0.192. The molecule has 0 saturated heterocycles.